The second-order valence-electron chi connectivity index (χ2n) is 4.92. The van der Waals surface area contributed by atoms with E-state index in [1.807, 2.05) is 24.3 Å². The number of carbonyl (C=O) groups is 2. The Hall–Kier alpha value is -2.54. The number of rotatable bonds is 6. The number of benzene rings is 2. The smallest absolute Gasteiger partial charge is 0.319 e. The summed E-state index contributed by atoms with van der Waals surface area (Å²) in [6.07, 6.45) is 0. The summed E-state index contributed by atoms with van der Waals surface area (Å²) in [6.45, 7) is 2.14. The molecule has 3 N–H and O–H groups in total. The van der Waals surface area contributed by atoms with Crippen molar-refractivity contribution in [2.24, 2.45) is 0 Å². The van der Waals surface area contributed by atoms with E-state index in [4.69, 9.17) is 4.74 Å². The molecule has 0 aliphatic carbocycles. The van der Waals surface area contributed by atoms with Gasteiger partial charge < -0.3 is 20.7 Å². The Labute approximate surface area is 148 Å². The molecule has 0 saturated carbocycles. The number of ether oxygens (including phenoxy) is 1. The van der Waals surface area contributed by atoms with Gasteiger partial charge in [0.2, 0.25) is 5.91 Å². The van der Waals surface area contributed by atoms with Crippen LogP contribution >= 0.6 is 15.9 Å². The van der Waals surface area contributed by atoms with Crippen LogP contribution in [0.2, 0.25) is 0 Å². The minimum atomic E-state index is -0.342. The normalized spacial score (nSPS) is 9.92. The number of hydrogen-bond donors (Lipinski definition) is 3. The second-order valence-corrected chi connectivity index (χ2v) is 5.78. The third-order valence-electron chi connectivity index (χ3n) is 2.92. The van der Waals surface area contributed by atoms with E-state index in [9.17, 15) is 9.59 Å². The zero-order chi connectivity index (χ0) is 17.4. The Morgan fingerprint density at radius 1 is 1.04 bits per heavy atom. The molecule has 0 bridgehead atoms. The van der Waals surface area contributed by atoms with Crippen molar-refractivity contribution >= 4 is 39.2 Å². The number of nitrogens with one attached hydrogen (secondary N) is 3. The molecular weight excluding hydrogens is 374 g/mol. The first kappa shape index (κ1) is 17.8. The van der Waals surface area contributed by atoms with Gasteiger partial charge in [0.1, 0.15) is 12.4 Å². The third-order valence-corrected chi connectivity index (χ3v) is 3.58. The van der Waals surface area contributed by atoms with Crippen LogP contribution in [0.25, 0.3) is 0 Å². The van der Waals surface area contributed by atoms with Gasteiger partial charge in [0.05, 0.1) is 11.0 Å². The highest BCUT2D eigenvalue weighted by atomic mass is 79.9. The molecule has 126 valence electrons. The molecule has 0 aromatic heterocycles. The summed E-state index contributed by atoms with van der Waals surface area (Å²) in [5, 5.41) is 8.06. The summed E-state index contributed by atoms with van der Waals surface area (Å²) < 4.78 is 6.43. The largest absolute Gasteiger partial charge is 0.491 e. The molecule has 3 amide bonds. The van der Waals surface area contributed by atoms with E-state index < -0.39 is 0 Å². The molecule has 0 atom stereocenters. The Bertz CT molecular complexity index is 722. The van der Waals surface area contributed by atoms with E-state index in [2.05, 4.69) is 31.9 Å². The van der Waals surface area contributed by atoms with Crippen LogP contribution in [0.1, 0.15) is 6.92 Å². The Morgan fingerprint density at radius 3 is 2.46 bits per heavy atom. The minimum absolute atomic E-state index is 0.166. The van der Waals surface area contributed by atoms with Gasteiger partial charge in [-0.15, -0.1) is 0 Å². The van der Waals surface area contributed by atoms with E-state index in [-0.39, 0.29) is 11.9 Å². The number of hydrogen-bond acceptors (Lipinski definition) is 3. The van der Waals surface area contributed by atoms with Crippen LogP contribution in [0.15, 0.2) is 53.0 Å². The van der Waals surface area contributed by atoms with Gasteiger partial charge in [-0.25, -0.2) is 4.79 Å². The third kappa shape index (κ3) is 5.92. The van der Waals surface area contributed by atoms with Gasteiger partial charge in [-0.1, -0.05) is 18.2 Å². The van der Waals surface area contributed by atoms with Crippen molar-refractivity contribution < 1.29 is 14.3 Å². The quantitative estimate of drug-likeness (QED) is 0.658. The molecule has 2 aromatic rings. The predicted molar refractivity (Wildman–Crippen MR) is 97.4 cm³/mol. The van der Waals surface area contributed by atoms with Crippen LogP contribution in [-0.2, 0) is 4.79 Å². The highest BCUT2D eigenvalue weighted by Crippen LogP contribution is 2.23. The van der Waals surface area contributed by atoms with E-state index in [0.717, 1.165) is 10.2 Å². The molecule has 0 fully saturated rings. The molecule has 0 aliphatic rings. The SMILES string of the molecule is CC(=O)Nc1cccc(NC(=O)NCCOc2ccccc2Br)c1. The first-order chi connectivity index (χ1) is 11.5. The Morgan fingerprint density at radius 2 is 1.75 bits per heavy atom. The summed E-state index contributed by atoms with van der Waals surface area (Å²) in [6, 6.07) is 14.1. The summed E-state index contributed by atoms with van der Waals surface area (Å²) in [5.41, 5.74) is 1.21. The predicted octanol–water partition coefficient (Wildman–Crippen LogP) is 3.61. The van der Waals surface area contributed by atoms with Crippen molar-refractivity contribution in [1.29, 1.82) is 0 Å². The standard InChI is InChI=1S/C17H18BrN3O3/c1-12(22)20-13-5-4-6-14(11-13)21-17(23)19-9-10-24-16-8-3-2-7-15(16)18/h2-8,11H,9-10H2,1H3,(H,20,22)(H2,19,21,23). The second kappa shape index (κ2) is 8.93. The first-order valence-corrected chi connectivity index (χ1v) is 8.14. The van der Waals surface area contributed by atoms with Gasteiger partial charge in [0.25, 0.3) is 0 Å². The highest BCUT2D eigenvalue weighted by Gasteiger charge is 2.04. The molecular formula is C17H18BrN3O3. The molecule has 24 heavy (non-hydrogen) atoms. The molecule has 0 unspecified atom stereocenters. The number of para-hydroxylation sites is 1. The van der Waals surface area contributed by atoms with Crippen molar-refractivity contribution in [1.82, 2.24) is 5.32 Å². The van der Waals surface area contributed by atoms with Crippen LogP contribution in [-0.4, -0.2) is 25.1 Å². The lowest BCUT2D eigenvalue weighted by Gasteiger charge is -2.11. The maximum absolute atomic E-state index is 11.8. The lowest BCUT2D eigenvalue weighted by atomic mass is 10.3. The number of urea groups is 1. The van der Waals surface area contributed by atoms with E-state index in [1.165, 1.54) is 6.92 Å². The minimum Gasteiger partial charge on any atom is -0.491 e. The summed E-state index contributed by atoms with van der Waals surface area (Å²) in [5.74, 6) is 0.559. The van der Waals surface area contributed by atoms with E-state index >= 15 is 0 Å². The fraction of sp³-hybridized carbons (Fsp3) is 0.176. The van der Waals surface area contributed by atoms with Crippen molar-refractivity contribution in [3.63, 3.8) is 0 Å². The number of amides is 3. The topological polar surface area (TPSA) is 79.5 Å². The van der Waals surface area contributed by atoms with Gasteiger partial charge in [-0.05, 0) is 46.3 Å². The zero-order valence-electron chi connectivity index (χ0n) is 13.1. The van der Waals surface area contributed by atoms with Crippen LogP contribution in [0.3, 0.4) is 0 Å². The molecule has 2 aromatic carbocycles. The van der Waals surface area contributed by atoms with Crippen LogP contribution < -0.4 is 20.7 Å². The van der Waals surface area contributed by atoms with Crippen molar-refractivity contribution in [2.75, 3.05) is 23.8 Å². The molecule has 0 aliphatic heterocycles. The first-order valence-electron chi connectivity index (χ1n) is 7.34. The summed E-state index contributed by atoms with van der Waals surface area (Å²) >= 11 is 3.39. The molecule has 7 heteroatoms. The molecule has 2 rings (SSSR count). The number of halogens is 1. The summed E-state index contributed by atoms with van der Waals surface area (Å²) in [7, 11) is 0. The molecule has 6 nitrogen and oxygen atoms in total. The van der Waals surface area contributed by atoms with E-state index in [1.54, 1.807) is 24.3 Å². The maximum atomic E-state index is 11.8. The van der Waals surface area contributed by atoms with Gasteiger partial charge in [0, 0.05) is 18.3 Å². The molecule has 0 saturated heterocycles. The van der Waals surface area contributed by atoms with Crippen molar-refractivity contribution in [2.45, 2.75) is 6.92 Å². The zero-order valence-corrected chi connectivity index (χ0v) is 14.7. The lowest BCUT2D eigenvalue weighted by molar-refractivity contribution is -0.114. The van der Waals surface area contributed by atoms with Gasteiger partial charge in [-0.2, -0.15) is 0 Å². The van der Waals surface area contributed by atoms with Crippen LogP contribution in [0.4, 0.5) is 16.2 Å². The Kier molecular flexibility index (Phi) is 6.62. The Balaban J connectivity index is 1.75. The molecule has 0 heterocycles. The van der Waals surface area contributed by atoms with E-state index in [0.29, 0.717) is 24.5 Å². The average Bonchev–Trinajstić information content (AvgIpc) is 2.53. The number of anilines is 2. The van der Waals surface area contributed by atoms with Crippen molar-refractivity contribution in [3.8, 4) is 5.75 Å². The number of carbonyl (C=O) groups excluding carboxylic acids is 2. The maximum Gasteiger partial charge on any atom is 0.319 e. The lowest BCUT2D eigenvalue weighted by Crippen LogP contribution is -2.32. The monoisotopic (exact) mass is 391 g/mol. The van der Waals surface area contributed by atoms with Crippen LogP contribution in [0, 0.1) is 0 Å². The highest BCUT2D eigenvalue weighted by molar-refractivity contribution is 9.10. The summed E-state index contributed by atoms with van der Waals surface area (Å²) in [4.78, 5) is 22.9. The van der Waals surface area contributed by atoms with Crippen LogP contribution in [0.5, 0.6) is 5.75 Å². The molecule has 0 radical (unpaired) electrons. The fourth-order valence-corrected chi connectivity index (χ4v) is 2.34. The van der Waals surface area contributed by atoms with Crippen molar-refractivity contribution in [3.05, 3.63) is 53.0 Å². The van der Waals surface area contributed by atoms with Gasteiger partial charge >= 0.3 is 6.03 Å². The average molecular weight is 392 g/mol. The van der Waals surface area contributed by atoms with Gasteiger partial charge in [0.15, 0.2) is 0 Å². The fourth-order valence-electron chi connectivity index (χ4n) is 1.94. The van der Waals surface area contributed by atoms with Gasteiger partial charge in [-0.3, -0.25) is 4.79 Å². The molecule has 0 spiro atoms.